The fourth-order valence-electron chi connectivity index (χ4n) is 1.43. The number of nitrogens with zero attached hydrogens (tertiary/aromatic N) is 2. The van der Waals surface area contributed by atoms with Crippen molar-refractivity contribution in [3.8, 4) is 0 Å². The molecule has 0 aromatic rings. The first-order valence-electron chi connectivity index (χ1n) is 5.25. The van der Waals surface area contributed by atoms with Gasteiger partial charge in [-0.3, -0.25) is 9.59 Å². The third-order valence-corrected chi connectivity index (χ3v) is 1.89. The summed E-state index contributed by atoms with van der Waals surface area (Å²) < 4.78 is 0. The summed E-state index contributed by atoms with van der Waals surface area (Å²) in [6.45, 7) is 1.90. The van der Waals surface area contributed by atoms with E-state index in [9.17, 15) is 19.5 Å². The Balaban J connectivity index is 4.73. The molecule has 0 atom stereocenters. The van der Waals surface area contributed by atoms with Crippen molar-refractivity contribution >= 4 is 17.9 Å². The second-order valence-electron chi connectivity index (χ2n) is 4.67. The molecule has 8 heteroatoms. The Morgan fingerprint density at radius 3 is 2.06 bits per heavy atom. The van der Waals surface area contributed by atoms with Crippen LogP contribution >= 0.6 is 0 Å². The van der Waals surface area contributed by atoms with Crippen LogP contribution in [0.3, 0.4) is 0 Å². The molecular weight excluding hydrogens is 242 g/mol. The number of carboxylic acids is 1. The highest BCUT2D eigenvalue weighted by atomic mass is 16.4. The van der Waals surface area contributed by atoms with Crippen LogP contribution in [0, 0.1) is 0 Å². The zero-order valence-electron chi connectivity index (χ0n) is 10.7. The Morgan fingerprint density at radius 2 is 1.72 bits per heavy atom. The maximum absolute atomic E-state index is 11.9. The molecule has 0 fully saturated rings. The van der Waals surface area contributed by atoms with Crippen molar-refractivity contribution in [1.29, 1.82) is 0 Å². The van der Waals surface area contributed by atoms with Gasteiger partial charge in [0.15, 0.2) is 0 Å². The Labute approximate surface area is 105 Å². The van der Waals surface area contributed by atoms with E-state index >= 15 is 0 Å². The summed E-state index contributed by atoms with van der Waals surface area (Å²) in [5.74, 6) is -2.05. The fourth-order valence-corrected chi connectivity index (χ4v) is 1.43. The first-order chi connectivity index (χ1) is 8.03. The molecule has 104 valence electrons. The highest BCUT2D eigenvalue weighted by molar-refractivity contribution is 5.85. The second-order valence-corrected chi connectivity index (χ2v) is 4.67. The summed E-state index contributed by atoms with van der Waals surface area (Å²) in [6.07, 6.45) is 0. The van der Waals surface area contributed by atoms with Crippen molar-refractivity contribution in [3.63, 3.8) is 0 Å². The topological polar surface area (TPSA) is 124 Å². The Hall–Kier alpha value is -1.83. The van der Waals surface area contributed by atoms with Crippen LogP contribution in [0.5, 0.6) is 0 Å². The molecule has 0 bridgehead atoms. The third kappa shape index (κ3) is 6.69. The average Bonchev–Trinajstić information content (AvgIpc) is 2.11. The standard InChI is InChI=1S/C10H19N3O5/c1-10(2,18)6-12(3)9(17)13(4-7(11)14)5-8(15)16/h18H,4-6H2,1-3H3,(H2,11,14)(H,15,16). The molecule has 3 amide bonds. The number of aliphatic carboxylic acids is 1. The first kappa shape index (κ1) is 16.2. The van der Waals surface area contributed by atoms with Crippen LogP contribution in [0.1, 0.15) is 13.8 Å². The van der Waals surface area contributed by atoms with Gasteiger partial charge in [-0.05, 0) is 13.8 Å². The zero-order chi connectivity index (χ0) is 14.5. The van der Waals surface area contributed by atoms with Gasteiger partial charge in [0.2, 0.25) is 5.91 Å². The van der Waals surface area contributed by atoms with E-state index in [1.54, 1.807) is 0 Å². The summed E-state index contributed by atoms with van der Waals surface area (Å²) in [4.78, 5) is 35.2. The van der Waals surface area contributed by atoms with Crippen molar-refractivity contribution < 1.29 is 24.6 Å². The Bertz CT molecular complexity index is 321. The lowest BCUT2D eigenvalue weighted by atomic mass is 10.1. The molecule has 0 radical (unpaired) electrons. The van der Waals surface area contributed by atoms with Gasteiger partial charge in [0.1, 0.15) is 13.1 Å². The second kappa shape index (κ2) is 6.20. The lowest BCUT2D eigenvalue weighted by Gasteiger charge is -2.30. The van der Waals surface area contributed by atoms with Crippen LogP contribution in [0.15, 0.2) is 0 Å². The molecule has 0 rings (SSSR count). The Kier molecular flexibility index (Phi) is 5.57. The first-order valence-corrected chi connectivity index (χ1v) is 5.25. The van der Waals surface area contributed by atoms with Gasteiger partial charge in [-0.25, -0.2) is 4.79 Å². The zero-order valence-corrected chi connectivity index (χ0v) is 10.7. The van der Waals surface area contributed by atoms with E-state index in [2.05, 4.69) is 0 Å². The van der Waals surface area contributed by atoms with Gasteiger partial charge in [0.05, 0.1) is 12.1 Å². The molecule has 0 spiro atoms. The number of hydrogen-bond acceptors (Lipinski definition) is 4. The number of rotatable bonds is 6. The summed E-state index contributed by atoms with van der Waals surface area (Å²) >= 11 is 0. The highest BCUT2D eigenvalue weighted by Crippen LogP contribution is 2.06. The van der Waals surface area contributed by atoms with Crippen LogP contribution in [-0.4, -0.2) is 70.2 Å². The van der Waals surface area contributed by atoms with Crippen molar-refractivity contribution in [1.82, 2.24) is 9.80 Å². The minimum atomic E-state index is -1.25. The number of carbonyl (C=O) groups is 3. The molecule has 0 unspecified atom stereocenters. The number of primary amides is 1. The summed E-state index contributed by atoms with van der Waals surface area (Å²) in [5, 5.41) is 18.2. The fraction of sp³-hybridized carbons (Fsp3) is 0.700. The molecular formula is C10H19N3O5. The molecule has 0 heterocycles. The number of urea groups is 1. The summed E-state index contributed by atoms with van der Waals surface area (Å²) in [6, 6.07) is -0.682. The molecule has 8 nitrogen and oxygen atoms in total. The lowest BCUT2D eigenvalue weighted by Crippen LogP contribution is -2.50. The van der Waals surface area contributed by atoms with Crippen molar-refractivity contribution in [2.24, 2.45) is 5.73 Å². The van der Waals surface area contributed by atoms with Gasteiger partial charge in [0.25, 0.3) is 0 Å². The van der Waals surface area contributed by atoms with E-state index < -0.39 is 36.6 Å². The van der Waals surface area contributed by atoms with E-state index in [1.165, 1.54) is 20.9 Å². The number of aliphatic hydroxyl groups is 1. The number of likely N-dealkylation sites (N-methyl/N-ethyl adjacent to an activating group) is 1. The predicted molar refractivity (Wildman–Crippen MR) is 62.7 cm³/mol. The Morgan fingerprint density at radius 1 is 1.22 bits per heavy atom. The quantitative estimate of drug-likeness (QED) is 0.547. The van der Waals surface area contributed by atoms with Gasteiger partial charge < -0.3 is 25.7 Å². The normalized spacial score (nSPS) is 10.9. The molecule has 0 aromatic heterocycles. The van der Waals surface area contributed by atoms with Crippen LogP contribution < -0.4 is 5.73 Å². The average molecular weight is 261 g/mol. The number of carboxylic acid groups (broad SMARTS) is 1. The van der Waals surface area contributed by atoms with Gasteiger partial charge in [-0.1, -0.05) is 0 Å². The monoisotopic (exact) mass is 261 g/mol. The van der Waals surface area contributed by atoms with Crippen molar-refractivity contribution in [2.75, 3.05) is 26.7 Å². The van der Waals surface area contributed by atoms with E-state index in [0.717, 1.165) is 9.80 Å². The van der Waals surface area contributed by atoms with Gasteiger partial charge in [-0.2, -0.15) is 0 Å². The number of nitrogens with two attached hydrogens (primary N) is 1. The predicted octanol–water partition coefficient (Wildman–Crippen LogP) is -1.32. The summed E-state index contributed by atoms with van der Waals surface area (Å²) in [7, 11) is 1.40. The van der Waals surface area contributed by atoms with Gasteiger partial charge >= 0.3 is 12.0 Å². The highest BCUT2D eigenvalue weighted by Gasteiger charge is 2.25. The molecule has 0 saturated heterocycles. The molecule has 0 aliphatic heterocycles. The SMILES string of the molecule is CN(CC(C)(C)O)C(=O)N(CC(N)=O)CC(=O)O. The maximum atomic E-state index is 11.9. The van der Waals surface area contributed by atoms with Crippen LogP contribution in [0.4, 0.5) is 4.79 Å². The number of carbonyl (C=O) groups excluding carboxylic acids is 2. The minimum Gasteiger partial charge on any atom is -0.480 e. The molecule has 0 aliphatic carbocycles. The minimum absolute atomic E-state index is 0.000709. The van der Waals surface area contributed by atoms with Gasteiger partial charge in [0, 0.05) is 7.05 Å². The molecule has 0 saturated carbocycles. The largest absolute Gasteiger partial charge is 0.480 e. The van der Waals surface area contributed by atoms with E-state index in [0.29, 0.717) is 0 Å². The number of hydrogen-bond donors (Lipinski definition) is 3. The smallest absolute Gasteiger partial charge is 0.323 e. The summed E-state index contributed by atoms with van der Waals surface area (Å²) in [5.41, 5.74) is 3.82. The van der Waals surface area contributed by atoms with Crippen LogP contribution in [0.2, 0.25) is 0 Å². The van der Waals surface area contributed by atoms with E-state index in [4.69, 9.17) is 10.8 Å². The van der Waals surface area contributed by atoms with Crippen molar-refractivity contribution in [3.05, 3.63) is 0 Å². The third-order valence-electron chi connectivity index (χ3n) is 1.89. The maximum Gasteiger partial charge on any atom is 0.323 e. The number of amides is 3. The molecule has 4 N–H and O–H groups in total. The van der Waals surface area contributed by atoms with Crippen LogP contribution in [0.25, 0.3) is 0 Å². The lowest BCUT2D eigenvalue weighted by molar-refractivity contribution is -0.138. The van der Waals surface area contributed by atoms with E-state index in [-0.39, 0.29) is 6.54 Å². The van der Waals surface area contributed by atoms with Gasteiger partial charge in [-0.15, -0.1) is 0 Å². The van der Waals surface area contributed by atoms with E-state index in [1.807, 2.05) is 0 Å². The van der Waals surface area contributed by atoms with Crippen LogP contribution in [-0.2, 0) is 9.59 Å². The molecule has 0 aromatic carbocycles. The van der Waals surface area contributed by atoms with Crippen molar-refractivity contribution in [2.45, 2.75) is 19.4 Å². The molecule has 0 aliphatic rings. The molecule has 18 heavy (non-hydrogen) atoms.